The van der Waals surface area contributed by atoms with Gasteiger partial charge in [-0.1, -0.05) is 56.9 Å². The fourth-order valence-electron chi connectivity index (χ4n) is 3.19. The molecule has 0 fully saturated rings. The smallest absolute Gasteiger partial charge is 0.130 e. The Labute approximate surface area is 163 Å². The summed E-state index contributed by atoms with van der Waals surface area (Å²) in [5, 5.41) is 2.29. The first-order valence-electron chi connectivity index (χ1n) is 10.1. The van der Waals surface area contributed by atoms with Crippen molar-refractivity contribution in [3.05, 3.63) is 35.9 Å². The van der Waals surface area contributed by atoms with E-state index in [0.717, 1.165) is 72.6 Å². The van der Waals surface area contributed by atoms with Crippen LogP contribution in [0.2, 0.25) is 0 Å². The molecule has 0 saturated carbocycles. The average Bonchev–Trinajstić information content (AvgIpc) is 2.66. The molecule has 0 unspecified atom stereocenters. The molecule has 0 heterocycles. The van der Waals surface area contributed by atoms with E-state index in [1.54, 1.807) is 0 Å². The molecule has 0 aromatic heterocycles. The summed E-state index contributed by atoms with van der Waals surface area (Å²) in [6.45, 7) is 5.87. The molecule has 2 aromatic carbocycles. The maximum absolute atomic E-state index is 6.17. The molecule has 0 atom stereocenters. The Kier molecular flexibility index (Phi) is 9.70. The summed E-state index contributed by atoms with van der Waals surface area (Å²) in [6.07, 6.45) is 9.46. The molecule has 0 bridgehead atoms. The summed E-state index contributed by atoms with van der Waals surface area (Å²) in [4.78, 5) is 0. The van der Waals surface area contributed by atoms with E-state index in [9.17, 15) is 0 Å². The van der Waals surface area contributed by atoms with E-state index in [1.807, 2.05) is 0 Å². The second-order valence-electron chi connectivity index (χ2n) is 6.93. The van der Waals surface area contributed by atoms with Crippen LogP contribution in [-0.4, -0.2) is 19.1 Å². The lowest BCUT2D eigenvalue weighted by atomic mass is 10.0. The second kappa shape index (κ2) is 12.1. The average molecular weight is 377 g/mol. The molecular formula is C23H33ClO2. The SMILES string of the molecule is CCCCCCCOc1c(C)cc(OCCCCCCl)c2ccccc12. The number of fused-ring (bicyclic) bond motifs is 1. The standard InChI is InChI=1S/C23H33ClO2/c1-3-4-5-6-11-17-26-23-19(2)18-22(25-16-12-7-10-15-24)20-13-8-9-14-21(20)23/h8-9,13-14,18H,3-7,10-12,15-17H2,1-2H3. The second-order valence-corrected chi connectivity index (χ2v) is 7.31. The van der Waals surface area contributed by atoms with E-state index < -0.39 is 0 Å². The van der Waals surface area contributed by atoms with Crippen LogP contribution in [0.15, 0.2) is 30.3 Å². The molecule has 26 heavy (non-hydrogen) atoms. The maximum Gasteiger partial charge on any atom is 0.130 e. The van der Waals surface area contributed by atoms with Gasteiger partial charge in [0.15, 0.2) is 0 Å². The Morgan fingerprint density at radius 2 is 1.46 bits per heavy atom. The lowest BCUT2D eigenvalue weighted by Crippen LogP contribution is -2.02. The van der Waals surface area contributed by atoms with Gasteiger partial charge in [0, 0.05) is 16.7 Å². The number of rotatable bonds is 13. The van der Waals surface area contributed by atoms with E-state index >= 15 is 0 Å². The zero-order valence-corrected chi connectivity index (χ0v) is 17.1. The summed E-state index contributed by atoms with van der Waals surface area (Å²) >= 11 is 5.74. The van der Waals surface area contributed by atoms with Gasteiger partial charge in [0.25, 0.3) is 0 Å². The van der Waals surface area contributed by atoms with Crippen LogP contribution in [0.1, 0.15) is 63.9 Å². The number of ether oxygens (including phenoxy) is 2. The molecule has 0 spiro atoms. The third-order valence-corrected chi connectivity index (χ3v) is 4.94. The molecule has 2 aromatic rings. The van der Waals surface area contributed by atoms with Crippen LogP contribution >= 0.6 is 11.6 Å². The predicted molar refractivity (Wildman–Crippen MR) is 113 cm³/mol. The van der Waals surface area contributed by atoms with E-state index in [-0.39, 0.29) is 0 Å². The van der Waals surface area contributed by atoms with Gasteiger partial charge in [0.1, 0.15) is 11.5 Å². The third kappa shape index (κ3) is 6.39. The maximum atomic E-state index is 6.17. The van der Waals surface area contributed by atoms with Gasteiger partial charge in [-0.3, -0.25) is 0 Å². The molecule has 144 valence electrons. The van der Waals surface area contributed by atoms with Crippen molar-refractivity contribution in [2.75, 3.05) is 19.1 Å². The summed E-state index contributed by atoms with van der Waals surface area (Å²) in [5.41, 5.74) is 1.15. The first kappa shape index (κ1) is 20.9. The summed E-state index contributed by atoms with van der Waals surface area (Å²) in [6, 6.07) is 10.5. The van der Waals surface area contributed by atoms with Crippen molar-refractivity contribution in [1.82, 2.24) is 0 Å². The Morgan fingerprint density at radius 3 is 2.19 bits per heavy atom. The normalized spacial score (nSPS) is 11.0. The van der Waals surface area contributed by atoms with Crippen LogP contribution < -0.4 is 9.47 Å². The van der Waals surface area contributed by atoms with Crippen LogP contribution in [0.5, 0.6) is 11.5 Å². The molecule has 2 rings (SSSR count). The number of benzene rings is 2. The van der Waals surface area contributed by atoms with Gasteiger partial charge in [-0.2, -0.15) is 0 Å². The van der Waals surface area contributed by atoms with Crippen molar-refractivity contribution in [1.29, 1.82) is 0 Å². The van der Waals surface area contributed by atoms with Gasteiger partial charge >= 0.3 is 0 Å². The highest BCUT2D eigenvalue weighted by molar-refractivity contribution is 6.17. The summed E-state index contributed by atoms with van der Waals surface area (Å²) in [7, 11) is 0. The molecule has 2 nitrogen and oxygen atoms in total. The van der Waals surface area contributed by atoms with Crippen LogP contribution in [0, 0.1) is 6.92 Å². The minimum Gasteiger partial charge on any atom is -0.493 e. The number of alkyl halides is 1. The number of unbranched alkanes of at least 4 members (excludes halogenated alkanes) is 6. The van der Waals surface area contributed by atoms with E-state index in [4.69, 9.17) is 21.1 Å². The van der Waals surface area contributed by atoms with E-state index in [1.165, 1.54) is 25.7 Å². The van der Waals surface area contributed by atoms with Crippen LogP contribution in [0.4, 0.5) is 0 Å². The Morgan fingerprint density at radius 1 is 0.808 bits per heavy atom. The van der Waals surface area contributed by atoms with Gasteiger partial charge in [-0.15, -0.1) is 11.6 Å². The van der Waals surface area contributed by atoms with Crippen molar-refractivity contribution < 1.29 is 9.47 Å². The van der Waals surface area contributed by atoms with Gasteiger partial charge in [0.2, 0.25) is 0 Å². The van der Waals surface area contributed by atoms with E-state index in [2.05, 4.69) is 44.2 Å². The fourth-order valence-corrected chi connectivity index (χ4v) is 3.38. The topological polar surface area (TPSA) is 18.5 Å². The minimum atomic E-state index is 0.729. The number of aryl methyl sites for hydroxylation is 1. The molecule has 0 radical (unpaired) electrons. The molecular weight excluding hydrogens is 344 g/mol. The number of halogens is 1. The van der Waals surface area contributed by atoms with Crippen molar-refractivity contribution in [2.45, 2.75) is 65.2 Å². The minimum absolute atomic E-state index is 0.729. The van der Waals surface area contributed by atoms with Crippen molar-refractivity contribution >= 4 is 22.4 Å². The highest BCUT2D eigenvalue weighted by Crippen LogP contribution is 2.36. The molecule has 0 N–H and O–H groups in total. The molecule has 0 aliphatic carbocycles. The zero-order valence-electron chi connectivity index (χ0n) is 16.4. The van der Waals surface area contributed by atoms with Gasteiger partial charge in [-0.25, -0.2) is 0 Å². The zero-order chi connectivity index (χ0) is 18.6. The molecule has 0 aliphatic rings. The number of hydrogen-bond donors (Lipinski definition) is 0. The molecule has 0 aliphatic heterocycles. The highest BCUT2D eigenvalue weighted by atomic mass is 35.5. The molecule has 0 saturated heterocycles. The Hall–Kier alpha value is -1.41. The van der Waals surface area contributed by atoms with Gasteiger partial charge in [-0.05, 0) is 44.2 Å². The monoisotopic (exact) mass is 376 g/mol. The largest absolute Gasteiger partial charge is 0.493 e. The highest BCUT2D eigenvalue weighted by Gasteiger charge is 2.11. The van der Waals surface area contributed by atoms with Crippen LogP contribution in [0.3, 0.4) is 0 Å². The molecule has 3 heteroatoms. The first-order chi connectivity index (χ1) is 12.8. The quantitative estimate of drug-likeness (QED) is 0.270. The summed E-state index contributed by atoms with van der Waals surface area (Å²) < 4.78 is 12.2. The third-order valence-electron chi connectivity index (χ3n) is 4.67. The molecule has 0 amide bonds. The van der Waals surface area contributed by atoms with Crippen molar-refractivity contribution in [3.63, 3.8) is 0 Å². The Bertz CT molecular complexity index is 654. The lowest BCUT2D eigenvalue weighted by molar-refractivity contribution is 0.300. The summed E-state index contributed by atoms with van der Waals surface area (Å²) in [5.74, 6) is 2.69. The van der Waals surface area contributed by atoms with Gasteiger partial charge < -0.3 is 9.47 Å². The number of hydrogen-bond acceptors (Lipinski definition) is 2. The van der Waals surface area contributed by atoms with E-state index in [0.29, 0.717) is 0 Å². The first-order valence-corrected chi connectivity index (χ1v) is 10.6. The van der Waals surface area contributed by atoms with Crippen molar-refractivity contribution in [2.24, 2.45) is 0 Å². The van der Waals surface area contributed by atoms with Crippen molar-refractivity contribution in [3.8, 4) is 11.5 Å². The van der Waals surface area contributed by atoms with Gasteiger partial charge in [0.05, 0.1) is 13.2 Å². The van der Waals surface area contributed by atoms with Crippen LogP contribution in [0.25, 0.3) is 10.8 Å². The predicted octanol–water partition coefficient (Wildman–Crippen LogP) is 7.29. The fraction of sp³-hybridized carbons (Fsp3) is 0.565. The Balaban J connectivity index is 2.02. The lowest BCUT2D eigenvalue weighted by Gasteiger charge is -2.16. The van der Waals surface area contributed by atoms with Crippen LogP contribution in [-0.2, 0) is 0 Å².